The lowest BCUT2D eigenvalue weighted by atomic mass is 10.1. The number of benzene rings is 1. The van der Waals surface area contributed by atoms with Gasteiger partial charge in [0.15, 0.2) is 0 Å². The lowest BCUT2D eigenvalue weighted by Gasteiger charge is -2.12. The van der Waals surface area contributed by atoms with E-state index in [9.17, 15) is 9.59 Å². The number of hydrogen-bond donors (Lipinski definition) is 2. The van der Waals surface area contributed by atoms with E-state index in [0.717, 1.165) is 36.3 Å². The normalized spacial score (nSPS) is 16.3. The molecular weight excluding hydrogens is 330 g/mol. The minimum Gasteiger partial charge on any atom is -0.376 e. The van der Waals surface area contributed by atoms with E-state index >= 15 is 0 Å². The van der Waals surface area contributed by atoms with E-state index in [4.69, 9.17) is 4.74 Å². The zero-order valence-corrected chi connectivity index (χ0v) is 15.0. The van der Waals surface area contributed by atoms with Gasteiger partial charge < -0.3 is 15.4 Å². The van der Waals surface area contributed by atoms with Crippen molar-refractivity contribution in [1.29, 1.82) is 0 Å². The van der Waals surface area contributed by atoms with Gasteiger partial charge in [0.25, 0.3) is 11.8 Å². The average molecular weight is 353 g/mol. The van der Waals surface area contributed by atoms with Crippen LogP contribution in [0.3, 0.4) is 0 Å². The maximum absolute atomic E-state index is 12.5. The molecule has 2 aromatic rings. The summed E-state index contributed by atoms with van der Waals surface area (Å²) >= 11 is 0. The van der Waals surface area contributed by atoms with E-state index in [1.165, 1.54) is 12.4 Å². The van der Waals surface area contributed by atoms with Gasteiger partial charge in [0.2, 0.25) is 0 Å². The Hall–Kier alpha value is -2.73. The molecule has 6 heteroatoms. The number of aromatic nitrogens is 1. The minimum absolute atomic E-state index is 0.0719. The number of rotatable bonds is 5. The highest BCUT2D eigenvalue weighted by Gasteiger charge is 2.17. The molecule has 0 spiro atoms. The highest BCUT2D eigenvalue weighted by Crippen LogP contribution is 2.19. The van der Waals surface area contributed by atoms with Crippen molar-refractivity contribution in [1.82, 2.24) is 10.3 Å². The molecule has 1 aliphatic heterocycles. The fraction of sp³-hybridized carbons (Fsp3) is 0.350. The fourth-order valence-electron chi connectivity index (χ4n) is 2.88. The second-order valence-electron chi connectivity index (χ2n) is 6.51. The first-order valence-electron chi connectivity index (χ1n) is 8.77. The zero-order chi connectivity index (χ0) is 18.5. The van der Waals surface area contributed by atoms with Crippen molar-refractivity contribution in [3.8, 4) is 0 Å². The van der Waals surface area contributed by atoms with Crippen molar-refractivity contribution in [2.45, 2.75) is 32.8 Å². The van der Waals surface area contributed by atoms with E-state index in [1.807, 2.05) is 32.0 Å². The molecule has 1 aromatic heterocycles. The van der Waals surface area contributed by atoms with E-state index in [1.54, 1.807) is 6.07 Å². The molecule has 136 valence electrons. The summed E-state index contributed by atoms with van der Waals surface area (Å²) < 4.78 is 5.49. The first-order chi connectivity index (χ1) is 12.5. The highest BCUT2D eigenvalue weighted by molar-refractivity contribution is 6.06. The van der Waals surface area contributed by atoms with Crippen LogP contribution >= 0.6 is 0 Å². The van der Waals surface area contributed by atoms with Crippen LogP contribution < -0.4 is 10.6 Å². The van der Waals surface area contributed by atoms with Gasteiger partial charge in [-0.05, 0) is 49.9 Å². The quantitative estimate of drug-likeness (QED) is 0.866. The van der Waals surface area contributed by atoms with Crippen LogP contribution in [0.15, 0.2) is 36.7 Å². The summed E-state index contributed by atoms with van der Waals surface area (Å²) in [5.74, 6) is -0.547. The van der Waals surface area contributed by atoms with Gasteiger partial charge in [-0.25, -0.2) is 0 Å². The number of ether oxygens (including phenoxy) is 1. The predicted octanol–water partition coefficient (Wildman–Crippen LogP) is 2.86. The van der Waals surface area contributed by atoms with Crippen LogP contribution in [0.5, 0.6) is 0 Å². The second kappa shape index (κ2) is 8.10. The number of anilines is 1. The molecule has 1 saturated heterocycles. The Bertz CT molecular complexity index is 814. The number of hydrogen-bond acceptors (Lipinski definition) is 4. The van der Waals surface area contributed by atoms with E-state index in [2.05, 4.69) is 15.6 Å². The number of aryl methyl sites for hydroxylation is 1. The molecule has 3 rings (SSSR count). The summed E-state index contributed by atoms with van der Waals surface area (Å²) in [5, 5.41) is 5.72. The third kappa shape index (κ3) is 4.26. The van der Waals surface area contributed by atoms with Gasteiger partial charge in [0.05, 0.1) is 17.2 Å². The van der Waals surface area contributed by atoms with Crippen molar-refractivity contribution in [2.24, 2.45) is 0 Å². The molecule has 6 nitrogen and oxygen atoms in total. The van der Waals surface area contributed by atoms with Gasteiger partial charge >= 0.3 is 0 Å². The molecule has 1 aromatic carbocycles. The molecule has 1 aliphatic rings. The largest absolute Gasteiger partial charge is 0.376 e. The molecule has 0 aliphatic carbocycles. The molecule has 1 fully saturated rings. The van der Waals surface area contributed by atoms with Gasteiger partial charge in [0, 0.05) is 31.2 Å². The van der Waals surface area contributed by atoms with Crippen molar-refractivity contribution < 1.29 is 14.3 Å². The SMILES string of the molecule is Cc1cccc(NC(=O)c2cncc(C(=O)NCC3CCCO3)c2)c1C. The Balaban J connectivity index is 1.66. The Morgan fingerprint density at radius 1 is 1.19 bits per heavy atom. The summed E-state index contributed by atoms with van der Waals surface area (Å²) in [6, 6.07) is 7.29. The Morgan fingerprint density at radius 2 is 1.96 bits per heavy atom. The fourth-order valence-corrected chi connectivity index (χ4v) is 2.88. The molecule has 2 N–H and O–H groups in total. The molecule has 0 bridgehead atoms. The molecule has 0 radical (unpaired) electrons. The number of pyridine rings is 1. The van der Waals surface area contributed by atoms with Crippen LogP contribution in [-0.4, -0.2) is 36.1 Å². The smallest absolute Gasteiger partial charge is 0.257 e. The number of nitrogens with zero attached hydrogens (tertiary/aromatic N) is 1. The maximum atomic E-state index is 12.5. The topological polar surface area (TPSA) is 80.3 Å². The number of amides is 2. The van der Waals surface area contributed by atoms with Crippen LogP contribution in [0, 0.1) is 13.8 Å². The second-order valence-corrected chi connectivity index (χ2v) is 6.51. The summed E-state index contributed by atoms with van der Waals surface area (Å²) in [6.07, 6.45) is 4.96. The Morgan fingerprint density at radius 3 is 2.69 bits per heavy atom. The minimum atomic E-state index is -0.292. The third-order valence-corrected chi connectivity index (χ3v) is 4.63. The van der Waals surface area contributed by atoms with E-state index in [0.29, 0.717) is 17.7 Å². The van der Waals surface area contributed by atoms with Crippen LogP contribution in [0.1, 0.15) is 44.7 Å². The summed E-state index contributed by atoms with van der Waals surface area (Å²) in [7, 11) is 0. The summed E-state index contributed by atoms with van der Waals surface area (Å²) in [6.45, 7) is 5.16. The van der Waals surface area contributed by atoms with Crippen molar-refractivity contribution >= 4 is 17.5 Å². The van der Waals surface area contributed by atoms with Gasteiger partial charge in [-0.2, -0.15) is 0 Å². The molecule has 2 amide bonds. The average Bonchev–Trinajstić information content (AvgIpc) is 3.17. The summed E-state index contributed by atoms with van der Waals surface area (Å²) in [4.78, 5) is 28.8. The maximum Gasteiger partial charge on any atom is 0.257 e. The molecule has 26 heavy (non-hydrogen) atoms. The molecule has 0 saturated carbocycles. The van der Waals surface area contributed by atoms with E-state index < -0.39 is 0 Å². The van der Waals surface area contributed by atoms with Crippen LogP contribution in [-0.2, 0) is 4.74 Å². The number of carbonyl (C=O) groups excluding carboxylic acids is 2. The Kier molecular flexibility index (Phi) is 5.63. The van der Waals surface area contributed by atoms with Crippen molar-refractivity contribution in [2.75, 3.05) is 18.5 Å². The Labute approximate surface area is 153 Å². The first-order valence-corrected chi connectivity index (χ1v) is 8.77. The first kappa shape index (κ1) is 18.1. The molecule has 1 atom stereocenters. The molecular formula is C20H23N3O3. The third-order valence-electron chi connectivity index (χ3n) is 4.63. The van der Waals surface area contributed by atoms with Gasteiger partial charge in [-0.15, -0.1) is 0 Å². The van der Waals surface area contributed by atoms with Crippen LogP contribution in [0.2, 0.25) is 0 Å². The lowest BCUT2D eigenvalue weighted by Crippen LogP contribution is -2.32. The monoisotopic (exact) mass is 353 g/mol. The van der Waals surface area contributed by atoms with Crippen molar-refractivity contribution in [3.05, 3.63) is 58.9 Å². The zero-order valence-electron chi connectivity index (χ0n) is 15.0. The van der Waals surface area contributed by atoms with Gasteiger partial charge in [-0.1, -0.05) is 12.1 Å². The lowest BCUT2D eigenvalue weighted by molar-refractivity contribution is 0.0857. The molecule has 1 unspecified atom stereocenters. The highest BCUT2D eigenvalue weighted by atomic mass is 16.5. The number of nitrogens with one attached hydrogen (secondary N) is 2. The van der Waals surface area contributed by atoms with Crippen LogP contribution in [0.25, 0.3) is 0 Å². The van der Waals surface area contributed by atoms with E-state index in [-0.39, 0.29) is 17.9 Å². The van der Waals surface area contributed by atoms with Gasteiger partial charge in [-0.3, -0.25) is 14.6 Å². The molecule has 2 heterocycles. The van der Waals surface area contributed by atoms with Crippen molar-refractivity contribution in [3.63, 3.8) is 0 Å². The predicted molar refractivity (Wildman–Crippen MR) is 99.4 cm³/mol. The number of carbonyl (C=O) groups is 2. The van der Waals surface area contributed by atoms with Gasteiger partial charge in [0.1, 0.15) is 0 Å². The standard InChI is InChI=1S/C20H23N3O3/c1-13-5-3-7-18(14(13)2)23-20(25)16-9-15(10-21-11-16)19(24)22-12-17-6-4-8-26-17/h3,5,7,9-11,17H,4,6,8,12H2,1-2H3,(H,22,24)(H,23,25). The van der Waals surface area contributed by atoms with Crippen LogP contribution in [0.4, 0.5) is 5.69 Å². The summed E-state index contributed by atoms with van der Waals surface area (Å²) in [5.41, 5.74) is 3.57.